The van der Waals surface area contributed by atoms with Gasteiger partial charge in [-0.1, -0.05) is 25.4 Å². The van der Waals surface area contributed by atoms with Crippen LogP contribution in [0.1, 0.15) is 33.1 Å². The number of nitrogens with two attached hydrogens (primary N) is 1. The topological polar surface area (TPSA) is 29.3 Å². The maximum absolute atomic E-state index is 13.3. The molecule has 0 aliphatic carbocycles. The largest absolute Gasteiger partial charge is 0.397 e. The predicted molar refractivity (Wildman–Crippen MR) is 75.7 cm³/mol. The maximum atomic E-state index is 13.3. The Morgan fingerprint density at radius 2 is 2.00 bits per heavy atom. The van der Waals surface area contributed by atoms with Crippen LogP contribution in [0.3, 0.4) is 0 Å². The molecule has 1 heterocycles. The number of hydrogen-bond acceptors (Lipinski definition) is 2. The fraction of sp³-hybridized carbons (Fsp3) is 0.571. The fourth-order valence-electron chi connectivity index (χ4n) is 2.49. The molecule has 0 amide bonds. The second-order valence-electron chi connectivity index (χ2n) is 5.83. The van der Waals surface area contributed by atoms with Gasteiger partial charge in [-0.05, 0) is 30.7 Å². The van der Waals surface area contributed by atoms with E-state index in [1.807, 2.05) is 0 Å². The minimum absolute atomic E-state index is 0.141. The Morgan fingerprint density at radius 1 is 1.28 bits per heavy atom. The van der Waals surface area contributed by atoms with Crippen LogP contribution in [-0.4, -0.2) is 13.1 Å². The number of halogens is 2. The van der Waals surface area contributed by atoms with Crippen LogP contribution >= 0.6 is 11.6 Å². The Hall–Kier alpha value is -0.960. The second kappa shape index (κ2) is 4.96. The number of anilines is 2. The number of benzene rings is 1. The van der Waals surface area contributed by atoms with E-state index in [1.54, 1.807) is 6.07 Å². The number of hydrogen-bond donors (Lipinski definition) is 1. The van der Waals surface area contributed by atoms with Gasteiger partial charge in [0.2, 0.25) is 0 Å². The van der Waals surface area contributed by atoms with Gasteiger partial charge in [0.05, 0.1) is 16.4 Å². The molecule has 2 rings (SSSR count). The number of nitrogen functional groups attached to an aromatic ring is 1. The predicted octanol–water partition coefficient (Wildman–Crippen LogP) is 4.08. The Kier molecular flexibility index (Phi) is 3.71. The first kappa shape index (κ1) is 13.5. The first-order valence-corrected chi connectivity index (χ1v) is 6.76. The zero-order valence-corrected chi connectivity index (χ0v) is 11.7. The van der Waals surface area contributed by atoms with Crippen molar-refractivity contribution in [1.29, 1.82) is 0 Å². The van der Waals surface area contributed by atoms with Crippen LogP contribution in [0, 0.1) is 11.2 Å². The van der Waals surface area contributed by atoms with E-state index in [9.17, 15) is 4.39 Å². The lowest BCUT2D eigenvalue weighted by molar-refractivity contribution is 0.325. The van der Waals surface area contributed by atoms with E-state index in [2.05, 4.69) is 18.7 Å². The van der Waals surface area contributed by atoms with Crippen molar-refractivity contribution in [2.45, 2.75) is 33.1 Å². The van der Waals surface area contributed by atoms with Gasteiger partial charge in [0, 0.05) is 19.2 Å². The molecule has 18 heavy (non-hydrogen) atoms. The minimum Gasteiger partial charge on any atom is -0.397 e. The smallest absolute Gasteiger partial charge is 0.143 e. The molecule has 0 unspecified atom stereocenters. The summed E-state index contributed by atoms with van der Waals surface area (Å²) in [4.78, 5) is 2.22. The zero-order chi connectivity index (χ0) is 13.3. The molecule has 1 aliphatic heterocycles. The van der Waals surface area contributed by atoms with Gasteiger partial charge in [0.15, 0.2) is 0 Å². The summed E-state index contributed by atoms with van der Waals surface area (Å²) in [5.74, 6) is -0.451. The lowest BCUT2D eigenvalue weighted by Crippen LogP contribution is -2.26. The third kappa shape index (κ3) is 2.89. The van der Waals surface area contributed by atoms with Crippen molar-refractivity contribution in [1.82, 2.24) is 0 Å². The van der Waals surface area contributed by atoms with E-state index < -0.39 is 5.82 Å². The van der Waals surface area contributed by atoms with Crippen LogP contribution < -0.4 is 10.6 Å². The first-order valence-electron chi connectivity index (χ1n) is 6.38. The Bertz CT molecular complexity index is 446. The Morgan fingerprint density at radius 3 is 2.72 bits per heavy atom. The van der Waals surface area contributed by atoms with Crippen LogP contribution in [0.15, 0.2) is 12.1 Å². The van der Waals surface area contributed by atoms with Gasteiger partial charge in [-0.15, -0.1) is 0 Å². The maximum Gasteiger partial charge on any atom is 0.143 e. The highest BCUT2D eigenvalue weighted by atomic mass is 35.5. The van der Waals surface area contributed by atoms with Crippen LogP contribution in [0.25, 0.3) is 0 Å². The fourth-order valence-corrected chi connectivity index (χ4v) is 2.65. The average molecular weight is 271 g/mol. The van der Waals surface area contributed by atoms with Gasteiger partial charge in [0.25, 0.3) is 0 Å². The van der Waals surface area contributed by atoms with E-state index in [0.29, 0.717) is 11.1 Å². The summed E-state index contributed by atoms with van der Waals surface area (Å²) in [5.41, 5.74) is 7.60. The third-order valence-electron chi connectivity index (χ3n) is 3.75. The molecule has 4 heteroatoms. The molecular formula is C14H20ClFN2. The Balaban J connectivity index is 2.24. The van der Waals surface area contributed by atoms with E-state index in [1.165, 1.54) is 12.5 Å². The van der Waals surface area contributed by atoms with Crippen LogP contribution in [0.2, 0.25) is 5.02 Å². The van der Waals surface area contributed by atoms with Crippen molar-refractivity contribution in [3.05, 3.63) is 23.0 Å². The van der Waals surface area contributed by atoms with Crippen molar-refractivity contribution >= 4 is 23.0 Å². The van der Waals surface area contributed by atoms with Crippen molar-refractivity contribution in [3.8, 4) is 0 Å². The summed E-state index contributed by atoms with van der Waals surface area (Å²) < 4.78 is 13.3. The molecule has 0 spiro atoms. The molecule has 1 fully saturated rings. The van der Waals surface area contributed by atoms with Crippen molar-refractivity contribution < 1.29 is 4.39 Å². The van der Waals surface area contributed by atoms with Gasteiger partial charge >= 0.3 is 0 Å². The highest BCUT2D eigenvalue weighted by Crippen LogP contribution is 2.35. The summed E-state index contributed by atoms with van der Waals surface area (Å²) in [6.07, 6.45) is 3.45. The number of nitrogens with zero attached hydrogens (tertiary/aromatic N) is 1. The van der Waals surface area contributed by atoms with Crippen LogP contribution in [-0.2, 0) is 0 Å². The summed E-state index contributed by atoms with van der Waals surface area (Å²) in [6, 6.07) is 2.96. The molecule has 1 aromatic rings. The van der Waals surface area contributed by atoms with Gasteiger partial charge in [-0.2, -0.15) is 0 Å². The quantitative estimate of drug-likeness (QED) is 0.779. The number of rotatable bonds is 1. The van der Waals surface area contributed by atoms with Gasteiger partial charge in [0.1, 0.15) is 5.82 Å². The summed E-state index contributed by atoms with van der Waals surface area (Å²) >= 11 is 5.84. The molecule has 0 saturated carbocycles. The zero-order valence-electron chi connectivity index (χ0n) is 11.0. The molecule has 2 N–H and O–H groups in total. The summed E-state index contributed by atoms with van der Waals surface area (Å²) in [7, 11) is 0. The minimum atomic E-state index is -0.451. The van der Waals surface area contributed by atoms with Crippen LogP contribution in [0.4, 0.5) is 15.8 Å². The second-order valence-corrected chi connectivity index (χ2v) is 6.24. The molecule has 0 bridgehead atoms. The van der Waals surface area contributed by atoms with E-state index in [-0.39, 0.29) is 5.02 Å². The first-order chi connectivity index (χ1) is 8.39. The lowest BCUT2D eigenvalue weighted by atomic mass is 9.85. The van der Waals surface area contributed by atoms with E-state index in [0.717, 1.165) is 31.6 Å². The average Bonchev–Trinajstić information content (AvgIpc) is 2.45. The van der Waals surface area contributed by atoms with Gasteiger partial charge < -0.3 is 10.6 Å². The molecule has 0 aromatic heterocycles. The SMILES string of the molecule is CC1(C)CCCN(c2cc(Cl)c(F)cc2N)CC1. The van der Waals surface area contributed by atoms with Crippen LogP contribution in [0.5, 0.6) is 0 Å². The highest BCUT2D eigenvalue weighted by Gasteiger charge is 2.24. The third-order valence-corrected chi connectivity index (χ3v) is 4.04. The molecule has 1 aliphatic rings. The molecule has 100 valence electrons. The van der Waals surface area contributed by atoms with E-state index >= 15 is 0 Å². The lowest BCUT2D eigenvalue weighted by Gasteiger charge is -2.26. The van der Waals surface area contributed by atoms with Crippen molar-refractivity contribution in [2.75, 3.05) is 23.7 Å². The Labute approximate surface area is 113 Å². The monoisotopic (exact) mass is 270 g/mol. The molecule has 0 atom stereocenters. The van der Waals surface area contributed by atoms with Crippen molar-refractivity contribution in [3.63, 3.8) is 0 Å². The normalized spacial score (nSPS) is 19.7. The molecule has 2 nitrogen and oxygen atoms in total. The summed E-state index contributed by atoms with van der Waals surface area (Å²) in [6.45, 7) is 6.48. The summed E-state index contributed by atoms with van der Waals surface area (Å²) in [5, 5.41) is 0.141. The molecule has 1 aromatic carbocycles. The standard InChI is InChI=1S/C14H20ClFN2/c1-14(2)4-3-6-18(7-5-14)13-8-10(15)11(16)9-12(13)17/h8-9H,3-7,17H2,1-2H3. The highest BCUT2D eigenvalue weighted by molar-refractivity contribution is 6.31. The molecule has 1 saturated heterocycles. The van der Waals surface area contributed by atoms with Gasteiger partial charge in [-0.25, -0.2) is 4.39 Å². The van der Waals surface area contributed by atoms with Gasteiger partial charge in [-0.3, -0.25) is 0 Å². The molecular weight excluding hydrogens is 251 g/mol. The van der Waals surface area contributed by atoms with Crippen molar-refractivity contribution in [2.24, 2.45) is 5.41 Å². The van der Waals surface area contributed by atoms with E-state index in [4.69, 9.17) is 17.3 Å². The molecule has 0 radical (unpaired) electrons.